The van der Waals surface area contributed by atoms with Gasteiger partial charge in [0.05, 0.1) is 0 Å². The van der Waals surface area contributed by atoms with E-state index < -0.39 is 59.6 Å². The molecule has 0 radical (unpaired) electrons. The fourth-order valence-electron chi connectivity index (χ4n) is 2.13. The van der Waals surface area contributed by atoms with Crippen LogP contribution in [0.5, 0.6) is 0 Å². The molecule has 0 saturated heterocycles. The van der Waals surface area contributed by atoms with Gasteiger partial charge in [-0.05, 0) is 6.07 Å². The van der Waals surface area contributed by atoms with Crippen molar-refractivity contribution in [2.24, 2.45) is 7.05 Å². The molecule has 20 heteroatoms. The van der Waals surface area contributed by atoms with Crippen LogP contribution in [0.2, 0.25) is 0 Å². The number of nitrogens with one attached hydrogen (secondary N) is 1. The number of phosphoric ester groups is 1. The summed E-state index contributed by atoms with van der Waals surface area (Å²) in [5.74, 6) is -1.58. The molecule has 2 heterocycles. The molecule has 1 aromatic rings. The number of rotatable bonds is 8. The lowest BCUT2D eigenvalue weighted by Gasteiger charge is -2.19. The maximum atomic E-state index is 12.2. The van der Waals surface area contributed by atoms with E-state index in [0.29, 0.717) is 0 Å². The van der Waals surface area contributed by atoms with Gasteiger partial charge in [-0.1, -0.05) is 0 Å². The largest absolute Gasteiger partial charge is 0.506 e. The van der Waals surface area contributed by atoms with Gasteiger partial charge in [0.1, 0.15) is 12.1 Å². The summed E-state index contributed by atoms with van der Waals surface area (Å²) in [6.07, 6.45) is -2.31. The van der Waals surface area contributed by atoms with E-state index in [1.165, 1.54) is 13.1 Å². The Bertz CT molecular complexity index is 1120. The molecular formula is C10H16N3O14P3. The van der Waals surface area contributed by atoms with E-state index in [0.717, 1.165) is 15.3 Å². The second kappa shape index (κ2) is 8.49. The normalized spacial score (nSPS) is 23.7. The van der Waals surface area contributed by atoms with Crippen molar-refractivity contribution in [1.82, 2.24) is 9.13 Å². The Kier molecular flexibility index (Phi) is 6.98. The van der Waals surface area contributed by atoms with Crippen LogP contribution in [-0.4, -0.2) is 51.6 Å². The maximum absolute atomic E-state index is 12.2. The van der Waals surface area contributed by atoms with Crippen LogP contribution in [0.15, 0.2) is 28.6 Å². The van der Waals surface area contributed by atoms with Gasteiger partial charge in [-0.3, -0.25) is 19.1 Å². The molecule has 4 atom stereocenters. The fourth-order valence-corrected chi connectivity index (χ4v) is 5.10. The van der Waals surface area contributed by atoms with Gasteiger partial charge < -0.3 is 34.5 Å². The van der Waals surface area contributed by atoms with Crippen LogP contribution in [0.4, 0.5) is 0 Å². The van der Waals surface area contributed by atoms with Crippen LogP contribution in [-0.2, 0) is 38.6 Å². The van der Waals surface area contributed by atoms with Gasteiger partial charge in [-0.15, -0.1) is 0 Å². The molecule has 0 aromatic carbocycles. The average molecular weight is 495 g/mol. The minimum atomic E-state index is -5.74. The molecule has 0 saturated carbocycles. The highest BCUT2D eigenvalue weighted by molar-refractivity contribution is 7.66. The molecule has 170 valence electrons. The second-order valence-electron chi connectivity index (χ2n) is 5.58. The highest BCUT2D eigenvalue weighted by atomic mass is 31.3. The van der Waals surface area contributed by atoms with E-state index in [-0.39, 0.29) is 5.49 Å². The lowest BCUT2D eigenvalue weighted by atomic mass is 10.2. The predicted molar refractivity (Wildman–Crippen MR) is 91.1 cm³/mol. The summed E-state index contributed by atoms with van der Waals surface area (Å²) < 4.78 is 51.6. The van der Waals surface area contributed by atoms with E-state index in [2.05, 4.69) is 13.1 Å². The van der Waals surface area contributed by atoms with Crippen LogP contribution >= 0.6 is 23.5 Å². The van der Waals surface area contributed by atoms with E-state index in [4.69, 9.17) is 24.8 Å². The highest BCUT2D eigenvalue weighted by Gasteiger charge is 2.43. The van der Waals surface area contributed by atoms with Gasteiger partial charge in [0, 0.05) is 13.2 Å². The molecule has 1 aliphatic heterocycles. The quantitative estimate of drug-likeness (QED) is 0.206. The Balaban J connectivity index is 2.13. The average Bonchev–Trinajstić information content (AvgIpc) is 2.83. The Morgan fingerprint density at radius 1 is 1.17 bits per heavy atom. The molecule has 1 aromatic heterocycles. The molecule has 0 aliphatic carbocycles. The third-order valence-electron chi connectivity index (χ3n) is 3.41. The number of ether oxygens (including phenoxy) is 1. The molecule has 3 unspecified atom stereocenters. The Labute approximate surface area is 166 Å². The Hall–Kier alpha value is -1.61. The van der Waals surface area contributed by atoms with Crippen molar-refractivity contribution < 1.29 is 61.4 Å². The smallest absolute Gasteiger partial charge is 0.490 e. The first-order valence-electron chi connectivity index (χ1n) is 7.41. The summed E-state index contributed by atoms with van der Waals surface area (Å²) in [7, 11) is -15.5. The highest BCUT2D eigenvalue weighted by Crippen LogP contribution is 2.66. The first kappa shape index (κ1) is 24.7. The summed E-state index contributed by atoms with van der Waals surface area (Å²) in [5, 5.41) is 27.5. The van der Waals surface area contributed by atoms with E-state index in [9.17, 15) is 33.6 Å². The lowest BCUT2D eigenvalue weighted by molar-refractivity contribution is -0.0178. The van der Waals surface area contributed by atoms with Crippen molar-refractivity contribution in [2.75, 3.05) is 6.61 Å². The lowest BCUT2D eigenvalue weighted by Crippen LogP contribution is -2.41. The Morgan fingerprint density at radius 2 is 1.77 bits per heavy atom. The number of phosphoric acid groups is 3. The summed E-state index contributed by atoms with van der Waals surface area (Å²) in [6.45, 7) is -1.14. The zero-order valence-electron chi connectivity index (χ0n) is 14.7. The summed E-state index contributed by atoms with van der Waals surface area (Å²) in [4.78, 5) is 47.5. The maximum Gasteiger partial charge on any atom is 0.490 e. The first-order valence-corrected chi connectivity index (χ1v) is 11.9. The topological polar surface area (TPSA) is 260 Å². The number of aliphatic hydroxyl groups is 2. The predicted octanol–water partition coefficient (Wildman–Crippen LogP) is -1.33. The summed E-state index contributed by atoms with van der Waals surface area (Å²) in [5.41, 5.74) is -0.984. The van der Waals surface area contributed by atoms with Gasteiger partial charge in [0.2, 0.25) is 6.23 Å². The number of nitrogens with zero attached hydrogens (tertiary/aromatic N) is 2. The molecule has 17 nitrogen and oxygen atoms in total. The van der Waals surface area contributed by atoms with Gasteiger partial charge in [0.25, 0.3) is 0 Å². The molecule has 0 amide bonds. The first-order chi connectivity index (χ1) is 13.5. The van der Waals surface area contributed by atoms with Crippen LogP contribution in [0.3, 0.4) is 0 Å². The number of hydrogen-bond donors (Lipinski definition) is 7. The van der Waals surface area contributed by atoms with E-state index in [1.807, 2.05) is 0 Å². The van der Waals surface area contributed by atoms with E-state index >= 15 is 0 Å². The third kappa shape index (κ3) is 5.97. The van der Waals surface area contributed by atoms with Crippen LogP contribution in [0, 0.1) is 5.41 Å². The number of aliphatic hydroxyl groups excluding tert-OH is 2. The molecule has 30 heavy (non-hydrogen) atoms. The zero-order valence-corrected chi connectivity index (χ0v) is 17.4. The van der Waals surface area contributed by atoms with Gasteiger partial charge in [-0.2, -0.15) is 8.62 Å². The van der Waals surface area contributed by atoms with Crippen LogP contribution in [0.1, 0.15) is 6.23 Å². The zero-order chi connectivity index (χ0) is 23.1. The summed E-state index contributed by atoms with van der Waals surface area (Å²) in [6, 6.07) is 1.18. The standard InChI is InChI=1S/C10H16N3O14P3/c1-12-6(11)2-3-13(10(12)16)9-8(15)7(14)5(25-9)4-24-29(20,21)27-30(22,23)26-28(17,18)19/h2-3,8-9,11,14-15H,4H2,1H3,(H,20,21)(H,22,23)(H2,17,18,19)/t8?,9-/m1/s1. The van der Waals surface area contributed by atoms with Crippen LogP contribution < -0.4 is 11.2 Å². The Morgan fingerprint density at radius 3 is 2.33 bits per heavy atom. The number of aromatic nitrogens is 2. The molecule has 0 spiro atoms. The second-order valence-corrected chi connectivity index (χ2v) is 10.00. The van der Waals surface area contributed by atoms with Crippen molar-refractivity contribution in [3.63, 3.8) is 0 Å². The summed E-state index contributed by atoms with van der Waals surface area (Å²) >= 11 is 0. The minimum absolute atomic E-state index is 0.172. The van der Waals surface area contributed by atoms with Crippen molar-refractivity contribution in [1.29, 1.82) is 5.41 Å². The van der Waals surface area contributed by atoms with Gasteiger partial charge >= 0.3 is 29.2 Å². The number of hydrogen-bond acceptors (Lipinski definition) is 11. The van der Waals surface area contributed by atoms with Crippen molar-refractivity contribution in [2.45, 2.75) is 12.3 Å². The SMILES string of the molecule is Cn1c(=N)ccn([C@@H]2OC(COP(=O)(O)OP(=O)(O)OP(=O)(O)O)=C(O)C2O)c1=O. The molecule has 0 fully saturated rings. The van der Waals surface area contributed by atoms with Crippen molar-refractivity contribution >= 4 is 23.5 Å². The van der Waals surface area contributed by atoms with Crippen molar-refractivity contribution in [3.8, 4) is 0 Å². The van der Waals surface area contributed by atoms with Gasteiger partial charge in [0.15, 0.2) is 17.6 Å². The van der Waals surface area contributed by atoms with Crippen LogP contribution in [0.25, 0.3) is 0 Å². The fraction of sp³-hybridized carbons (Fsp3) is 0.400. The molecule has 1 aliphatic rings. The van der Waals surface area contributed by atoms with E-state index in [1.54, 1.807) is 0 Å². The third-order valence-corrected chi connectivity index (χ3v) is 7.19. The molecule has 2 rings (SSSR count). The van der Waals surface area contributed by atoms with Crippen molar-refractivity contribution in [3.05, 3.63) is 39.8 Å². The molecular weight excluding hydrogens is 479 g/mol. The minimum Gasteiger partial charge on any atom is -0.506 e. The molecule has 0 bridgehead atoms. The monoisotopic (exact) mass is 495 g/mol. The molecule has 7 N–H and O–H groups in total. The van der Waals surface area contributed by atoms with Gasteiger partial charge in [-0.25, -0.2) is 18.5 Å².